The first kappa shape index (κ1) is 11.3. The van der Waals surface area contributed by atoms with Crippen LogP contribution >= 0.6 is 11.6 Å². The highest BCUT2D eigenvalue weighted by Gasteiger charge is 2.25. The van der Waals surface area contributed by atoms with Gasteiger partial charge in [-0.25, -0.2) is 4.79 Å². The summed E-state index contributed by atoms with van der Waals surface area (Å²) >= 11 is 5.49. The molecule has 1 rings (SSSR count). The van der Waals surface area contributed by atoms with E-state index in [1.54, 1.807) is 0 Å². The zero-order valence-corrected chi connectivity index (χ0v) is 8.32. The molecule has 0 radical (unpaired) electrons. The monoisotopic (exact) mass is 231 g/mol. The van der Waals surface area contributed by atoms with E-state index in [0.29, 0.717) is 0 Å². The molecule has 0 amide bonds. The third-order valence-corrected chi connectivity index (χ3v) is 1.99. The van der Waals surface area contributed by atoms with Crippen LogP contribution in [0.4, 0.5) is 5.69 Å². The van der Waals surface area contributed by atoms with Gasteiger partial charge in [-0.05, 0) is 12.1 Å². The van der Waals surface area contributed by atoms with Gasteiger partial charge in [0.15, 0.2) is 0 Å². The van der Waals surface area contributed by atoms with E-state index in [0.717, 1.165) is 19.2 Å². The number of nitro groups is 1. The Labute approximate surface area is 89.2 Å². The van der Waals surface area contributed by atoms with E-state index in [2.05, 4.69) is 4.74 Å². The molecule has 0 fully saturated rings. The molecular weight excluding hydrogens is 226 g/mol. The molecule has 0 aliphatic carbocycles. The summed E-state index contributed by atoms with van der Waals surface area (Å²) in [5.41, 5.74) is -1.01. The molecule has 0 heterocycles. The molecule has 0 bridgehead atoms. The molecule has 0 aliphatic rings. The van der Waals surface area contributed by atoms with Gasteiger partial charge < -0.3 is 9.84 Å². The second-order valence-corrected chi connectivity index (χ2v) is 2.95. The van der Waals surface area contributed by atoms with Crippen molar-refractivity contribution in [1.29, 1.82) is 0 Å². The maximum Gasteiger partial charge on any atom is 0.341 e. The number of nitrogens with zero attached hydrogens (tertiary/aromatic N) is 1. The number of ether oxygens (including phenoxy) is 1. The Bertz CT molecular complexity index is 431. The van der Waals surface area contributed by atoms with Gasteiger partial charge in [-0.2, -0.15) is 0 Å². The lowest BCUT2D eigenvalue weighted by molar-refractivity contribution is -0.385. The molecule has 7 heteroatoms. The van der Waals surface area contributed by atoms with Crippen molar-refractivity contribution in [3.05, 3.63) is 32.8 Å². The maximum absolute atomic E-state index is 11.1. The van der Waals surface area contributed by atoms with Crippen LogP contribution in [0, 0.1) is 10.1 Å². The fraction of sp³-hybridized carbons (Fsp3) is 0.125. The topological polar surface area (TPSA) is 89.7 Å². The SMILES string of the molecule is COC(=O)c1ccc(Cl)c([N+](=O)[O-])c1O. The van der Waals surface area contributed by atoms with Crippen LogP contribution < -0.4 is 0 Å². The molecule has 15 heavy (non-hydrogen) atoms. The van der Waals surface area contributed by atoms with Crippen molar-refractivity contribution >= 4 is 23.3 Å². The molecule has 0 aliphatic heterocycles. The molecule has 1 aromatic rings. The zero-order chi connectivity index (χ0) is 11.6. The Hall–Kier alpha value is -1.82. The Balaban J connectivity index is 3.41. The Morgan fingerprint density at radius 2 is 2.20 bits per heavy atom. The van der Waals surface area contributed by atoms with E-state index < -0.39 is 22.3 Å². The number of hydrogen-bond donors (Lipinski definition) is 1. The fourth-order valence-corrected chi connectivity index (χ4v) is 1.22. The Kier molecular flexibility index (Phi) is 3.11. The molecular formula is C8H6ClNO5. The van der Waals surface area contributed by atoms with Gasteiger partial charge >= 0.3 is 11.7 Å². The van der Waals surface area contributed by atoms with Crippen molar-refractivity contribution in [2.24, 2.45) is 0 Å². The predicted octanol–water partition coefficient (Wildman–Crippen LogP) is 1.74. The summed E-state index contributed by atoms with van der Waals surface area (Å²) in [5, 5.41) is 19.7. The third kappa shape index (κ3) is 1.99. The van der Waals surface area contributed by atoms with Crippen LogP contribution in [0.3, 0.4) is 0 Å². The molecule has 0 unspecified atom stereocenters. The molecule has 0 spiro atoms. The second-order valence-electron chi connectivity index (χ2n) is 2.54. The van der Waals surface area contributed by atoms with Crippen molar-refractivity contribution in [2.45, 2.75) is 0 Å². The number of rotatable bonds is 2. The fourth-order valence-electron chi connectivity index (χ4n) is 1.00. The van der Waals surface area contributed by atoms with E-state index >= 15 is 0 Å². The van der Waals surface area contributed by atoms with Crippen LogP contribution in [0.25, 0.3) is 0 Å². The summed E-state index contributed by atoms with van der Waals surface area (Å²) in [4.78, 5) is 20.7. The number of methoxy groups -OCH3 is 1. The van der Waals surface area contributed by atoms with Crippen molar-refractivity contribution < 1.29 is 19.6 Å². The number of nitro benzene ring substituents is 1. The summed E-state index contributed by atoms with van der Waals surface area (Å²) in [6.07, 6.45) is 0. The number of carbonyl (C=O) groups excluding carboxylic acids is 1. The van der Waals surface area contributed by atoms with Crippen LogP contribution in [0.15, 0.2) is 12.1 Å². The lowest BCUT2D eigenvalue weighted by atomic mass is 10.2. The lowest BCUT2D eigenvalue weighted by Crippen LogP contribution is -2.03. The number of halogens is 1. The van der Waals surface area contributed by atoms with Crippen LogP contribution in [0.2, 0.25) is 5.02 Å². The summed E-state index contributed by atoms with van der Waals surface area (Å²) < 4.78 is 4.33. The van der Waals surface area contributed by atoms with Gasteiger partial charge in [0.2, 0.25) is 5.75 Å². The third-order valence-electron chi connectivity index (χ3n) is 1.69. The first-order valence-electron chi connectivity index (χ1n) is 3.73. The van der Waals surface area contributed by atoms with Gasteiger partial charge in [0.05, 0.1) is 12.0 Å². The first-order valence-corrected chi connectivity index (χ1v) is 4.11. The predicted molar refractivity (Wildman–Crippen MR) is 51.1 cm³/mol. The molecule has 0 saturated heterocycles. The molecule has 80 valence electrons. The number of phenolic OH excluding ortho intramolecular Hbond substituents is 1. The summed E-state index contributed by atoms with van der Waals surface area (Å²) in [5.74, 6) is -1.66. The average molecular weight is 232 g/mol. The smallest absolute Gasteiger partial charge is 0.341 e. The quantitative estimate of drug-likeness (QED) is 0.476. The first-order chi connectivity index (χ1) is 6.99. The number of aromatic hydroxyl groups is 1. The van der Waals surface area contributed by atoms with Crippen molar-refractivity contribution in [3.63, 3.8) is 0 Å². The van der Waals surface area contributed by atoms with Gasteiger partial charge in [-0.1, -0.05) is 11.6 Å². The lowest BCUT2D eigenvalue weighted by Gasteiger charge is -2.03. The van der Waals surface area contributed by atoms with Gasteiger partial charge in [-0.3, -0.25) is 10.1 Å². The highest BCUT2D eigenvalue weighted by Crippen LogP contribution is 2.36. The van der Waals surface area contributed by atoms with Crippen LogP contribution in [-0.2, 0) is 4.74 Å². The van der Waals surface area contributed by atoms with E-state index in [1.165, 1.54) is 0 Å². The largest absolute Gasteiger partial charge is 0.501 e. The van der Waals surface area contributed by atoms with Crippen LogP contribution in [0.1, 0.15) is 10.4 Å². The number of phenols is 1. The number of esters is 1. The molecule has 0 atom stereocenters. The second kappa shape index (κ2) is 4.14. The molecule has 1 aromatic carbocycles. The zero-order valence-electron chi connectivity index (χ0n) is 7.56. The summed E-state index contributed by atoms with van der Waals surface area (Å²) in [7, 11) is 1.10. The number of carbonyl (C=O) groups is 1. The highest BCUT2D eigenvalue weighted by atomic mass is 35.5. The van der Waals surface area contributed by atoms with Gasteiger partial charge in [0.25, 0.3) is 0 Å². The van der Waals surface area contributed by atoms with Gasteiger partial charge in [0, 0.05) is 0 Å². The van der Waals surface area contributed by atoms with Crippen molar-refractivity contribution in [2.75, 3.05) is 7.11 Å². The minimum atomic E-state index is -0.871. The normalized spacial score (nSPS) is 9.73. The van der Waals surface area contributed by atoms with Crippen molar-refractivity contribution in [3.8, 4) is 5.75 Å². The average Bonchev–Trinajstić information content (AvgIpc) is 2.16. The minimum absolute atomic E-state index is 0.245. The van der Waals surface area contributed by atoms with Crippen molar-refractivity contribution in [1.82, 2.24) is 0 Å². The van der Waals surface area contributed by atoms with Crippen LogP contribution in [-0.4, -0.2) is 23.1 Å². The molecule has 1 N–H and O–H groups in total. The van der Waals surface area contributed by atoms with E-state index in [9.17, 15) is 20.0 Å². The Morgan fingerprint density at radius 3 is 2.67 bits per heavy atom. The van der Waals surface area contributed by atoms with E-state index in [1.807, 2.05) is 0 Å². The summed E-state index contributed by atoms with van der Waals surface area (Å²) in [6.45, 7) is 0. The van der Waals surface area contributed by atoms with E-state index in [-0.39, 0.29) is 10.6 Å². The standard InChI is InChI=1S/C8H6ClNO5/c1-15-8(12)4-2-3-5(9)6(7(4)11)10(13)14/h2-3,11H,1H3. The minimum Gasteiger partial charge on any atom is -0.501 e. The summed E-state index contributed by atoms with van der Waals surface area (Å²) in [6, 6.07) is 2.29. The molecule has 0 saturated carbocycles. The number of hydrogen-bond acceptors (Lipinski definition) is 5. The maximum atomic E-state index is 11.1. The molecule has 6 nitrogen and oxygen atoms in total. The highest BCUT2D eigenvalue weighted by molar-refractivity contribution is 6.33. The molecule has 0 aromatic heterocycles. The van der Waals surface area contributed by atoms with Gasteiger partial charge in [0.1, 0.15) is 10.6 Å². The van der Waals surface area contributed by atoms with Gasteiger partial charge in [-0.15, -0.1) is 0 Å². The van der Waals surface area contributed by atoms with Crippen LogP contribution in [0.5, 0.6) is 5.75 Å². The van der Waals surface area contributed by atoms with E-state index in [4.69, 9.17) is 11.6 Å². The Morgan fingerprint density at radius 1 is 1.60 bits per heavy atom. The number of benzene rings is 1.